The van der Waals surface area contributed by atoms with Crippen molar-refractivity contribution in [3.8, 4) is 0 Å². The van der Waals surface area contributed by atoms with E-state index in [9.17, 15) is 18.0 Å². The molecule has 1 amide bonds. The molecular formula is C14H24F3NO. The number of alkyl halides is 3. The molecule has 0 bridgehead atoms. The van der Waals surface area contributed by atoms with Crippen LogP contribution in [-0.4, -0.2) is 30.1 Å². The van der Waals surface area contributed by atoms with Crippen LogP contribution in [0.2, 0.25) is 0 Å². The first-order valence-electron chi connectivity index (χ1n) is 6.93. The summed E-state index contributed by atoms with van der Waals surface area (Å²) in [5, 5.41) is 0. The third-order valence-electron chi connectivity index (χ3n) is 3.90. The molecule has 0 saturated carbocycles. The first-order valence-corrected chi connectivity index (χ1v) is 6.93. The predicted molar refractivity (Wildman–Crippen MR) is 68.6 cm³/mol. The number of halogens is 3. The average Bonchev–Trinajstić information content (AvgIpc) is 2.27. The maximum Gasteiger partial charge on any atom is 0.392 e. The van der Waals surface area contributed by atoms with E-state index in [1.807, 2.05) is 20.8 Å². The van der Waals surface area contributed by atoms with Crippen LogP contribution in [0.4, 0.5) is 13.2 Å². The van der Waals surface area contributed by atoms with Gasteiger partial charge in [-0.2, -0.15) is 13.2 Å². The number of rotatable bonds is 2. The SMILES string of the molecule is CCC(C1CCN(C(=O)C(C)(C)C)CC1)C(F)(F)F. The predicted octanol–water partition coefficient (Wildman–Crippen LogP) is 3.86. The summed E-state index contributed by atoms with van der Waals surface area (Å²) in [5.74, 6) is -1.53. The molecule has 0 radical (unpaired) electrons. The van der Waals surface area contributed by atoms with Crippen LogP contribution in [0.1, 0.15) is 47.0 Å². The maximum absolute atomic E-state index is 12.9. The number of piperidine rings is 1. The second-order valence-corrected chi connectivity index (χ2v) is 6.44. The van der Waals surface area contributed by atoms with Gasteiger partial charge in [-0.15, -0.1) is 0 Å². The summed E-state index contributed by atoms with van der Waals surface area (Å²) >= 11 is 0. The molecule has 0 aromatic carbocycles. The van der Waals surface area contributed by atoms with Crippen LogP contribution in [0.3, 0.4) is 0 Å². The summed E-state index contributed by atoms with van der Waals surface area (Å²) < 4.78 is 38.6. The number of carbonyl (C=O) groups is 1. The van der Waals surface area contributed by atoms with Crippen LogP contribution in [0.15, 0.2) is 0 Å². The summed E-state index contributed by atoms with van der Waals surface area (Å²) in [6.07, 6.45) is -3.07. The zero-order valence-corrected chi connectivity index (χ0v) is 12.2. The van der Waals surface area contributed by atoms with Crippen molar-refractivity contribution in [3.63, 3.8) is 0 Å². The molecule has 1 rings (SSSR count). The lowest BCUT2D eigenvalue weighted by molar-refractivity contribution is -0.193. The van der Waals surface area contributed by atoms with Gasteiger partial charge in [0, 0.05) is 18.5 Å². The molecule has 2 nitrogen and oxygen atoms in total. The highest BCUT2D eigenvalue weighted by atomic mass is 19.4. The molecule has 0 aliphatic carbocycles. The Kier molecular flexibility index (Phi) is 4.91. The van der Waals surface area contributed by atoms with Crippen molar-refractivity contribution in [1.29, 1.82) is 0 Å². The Morgan fingerprint density at radius 3 is 2.00 bits per heavy atom. The molecule has 1 heterocycles. The lowest BCUT2D eigenvalue weighted by atomic mass is 9.81. The van der Waals surface area contributed by atoms with Gasteiger partial charge in [-0.3, -0.25) is 4.79 Å². The molecule has 0 N–H and O–H groups in total. The molecule has 1 aliphatic rings. The third kappa shape index (κ3) is 4.11. The van der Waals surface area contributed by atoms with Crippen molar-refractivity contribution in [1.82, 2.24) is 4.90 Å². The van der Waals surface area contributed by atoms with Gasteiger partial charge in [0.2, 0.25) is 5.91 Å². The highest BCUT2D eigenvalue weighted by Crippen LogP contribution is 2.39. The fourth-order valence-corrected chi connectivity index (χ4v) is 2.81. The Morgan fingerprint density at radius 2 is 1.68 bits per heavy atom. The van der Waals surface area contributed by atoms with Gasteiger partial charge in [0.1, 0.15) is 0 Å². The van der Waals surface area contributed by atoms with Gasteiger partial charge in [0.05, 0.1) is 5.92 Å². The third-order valence-corrected chi connectivity index (χ3v) is 3.90. The highest BCUT2D eigenvalue weighted by Gasteiger charge is 2.44. The van der Waals surface area contributed by atoms with E-state index in [2.05, 4.69) is 0 Å². The fourth-order valence-electron chi connectivity index (χ4n) is 2.81. The van der Waals surface area contributed by atoms with Crippen molar-refractivity contribution in [2.45, 2.75) is 53.1 Å². The minimum absolute atomic E-state index is 0.0333. The van der Waals surface area contributed by atoms with Gasteiger partial charge in [0.25, 0.3) is 0 Å². The van der Waals surface area contributed by atoms with Crippen molar-refractivity contribution in [3.05, 3.63) is 0 Å². The average molecular weight is 279 g/mol. The standard InChI is InChI=1S/C14H24F3NO/c1-5-11(14(15,16)17)10-6-8-18(9-7-10)12(19)13(2,3)4/h10-11H,5-9H2,1-4H3. The number of carbonyl (C=O) groups excluding carboxylic acids is 1. The van der Waals surface area contributed by atoms with E-state index in [-0.39, 0.29) is 18.2 Å². The highest BCUT2D eigenvalue weighted by molar-refractivity contribution is 5.81. The molecule has 1 fully saturated rings. The Balaban J connectivity index is 2.60. The van der Waals surface area contributed by atoms with Crippen LogP contribution < -0.4 is 0 Å². The molecule has 1 unspecified atom stereocenters. The van der Waals surface area contributed by atoms with E-state index in [1.165, 1.54) is 0 Å². The van der Waals surface area contributed by atoms with Gasteiger partial charge in [-0.1, -0.05) is 27.7 Å². The molecule has 19 heavy (non-hydrogen) atoms. The summed E-state index contributed by atoms with van der Waals surface area (Å²) in [5.41, 5.74) is -0.457. The summed E-state index contributed by atoms with van der Waals surface area (Å²) in [7, 11) is 0. The molecular weight excluding hydrogens is 255 g/mol. The normalized spacial score (nSPS) is 20.5. The number of hydrogen-bond donors (Lipinski definition) is 0. The minimum Gasteiger partial charge on any atom is -0.342 e. The number of hydrogen-bond acceptors (Lipinski definition) is 1. The number of amides is 1. The zero-order chi connectivity index (χ0) is 14.8. The second-order valence-electron chi connectivity index (χ2n) is 6.44. The smallest absolute Gasteiger partial charge is 0.342 e. The van der Waals surface area contributed by atoms with Crippen LogP contribution in [-0.2, 0) is 4.79 Å². The van der Waals surface area contributed by atoms with Gasteiger partial charge < -0.3 is 4.90 Å². The van der Waals surface area contributed by atoms with Crippen LogP contribution in [0.25, 0.3) is 0 Å². The summed E-state index contributed by atoms with van der Waals surface area (Å²) in [4.78, 5) is 13.8. The largest absolute Gasteiger partial charge is 0.392 e. The summed E-state index contributed by atoms with van der Waals surface area (Å²) in [6.45, 7) is 8.01. The van der Waals surface area contributed by atoms with Crippen molar-refractivity contribution < 1.29 is 18.0 Å². The van der Waals surface area contributed by atoms with Gasteiger partial charge >= 0.3 is 6.18 Å². The molecule has 0 aromatic heterocycles. The topological polar surface area (TPSA) is 20.3 Å². The molecule has 1 aliphatic heterocycles. The van der Waals surface area contributed by atoms with E-state index in [1.54, 1.807) is 11.8 Å². The Labute approximate surface area is 113 Å². The molecule has 0 spiro atoms. The molecule has 5 heteroatoms. The van der Waals surface area contributed by atoms with E-state index in [0.717, 1.165) is 0 Å². The second kappa shape index (κ2) is 5.71. The van der Waals surface area contributed by atoms with Crippen molar-refractivity contribution in [2.75, 3.05) is 13.1 Å². The Bertz CT molecular complexity index is 312. The maximum atomic E-state index is 12.9. The van der Waals surface area contributed by atoms with Crippen LogP contribution >= 0.6 is 0 Å². The Hall–Kier alpha value is -0.740. The van der Waals surface area contributed by atoms with Crippen molar-refractivity contribution in [2.24, 2.45) is 17.3 Å². The fraction of sp³-hybridized carbons (Fsp3) is 0.929. The lowest BCUT2D eigenvalue weighted by Crippen LogP contribution is -2.46. The minimum atomic E-state index is -4.12. The summed E-state index contributed by atoms with van der Waals surface area (Å²) in [6, 6.07) is 0. The molecule has 1 atom stereocenters. The lowest BCUT2D eigenvalue weighted by Gasteiger charge is -2.38. The monoisotopic (exact) mass is 279 g/mol. The van der Waals surface area contributed by atoms with Crippen LogP contribution in [0, 0.1) is 17.3 Å². The molecule has 112 valence electrons. The van der Waals surface area contributed by atoms with E-state index in [4.69, 9.17) is 0 Å². The van der Waals surface area contributed by atoms with E-state index < -0.39 is 17.5 Å². The number of likely N-dealkylation sites (tertiary alicyclic amines) is 1. The van der Waals surface area contributed by atoms with E-state index >= 15 is 0 Å². The first-order chi connectivity index (χ1) is 8.57. The van der Waals surface area contributed by atoms with Gasteiger partial charge in [0.15, 0.2) is 0 Å². The Morgan fingerprint density at radius 1 is 1.21 bits per heavy atom. The number of nitrogens with zero attached hydrogens (tertiary/aromatic N) is 1. The zero-order valence-electron chi connectivity index (χ0n) is 12.2. The molecule has 1 saturated heterocycles. The van der Waals surface area contributed by atoms with Crippen LogP contribution in [0.5, 0.6) is 0 Å². The first kappa shape index (κ1) is 16.3. The van der Waals surface area contributed by atoms with Gasteiger partial charge in [-0.05, 0) is 25.2 Å². The van der Waals surface area contributed by atoms with Crippen molar-refractivity contribution >= 4 is 5.91 Å². The molecule has 0 aromatic rings. The van der Waals surface area contributed by atoms with E-state index in [0.29, 0.717) is 25.9 Å². The van der Waals surface area contributed by atoms with Gasteiger partial charge in [-0.25, -0.2) is 0 Å². The quantitative estimate of drug-likeness (QED) is 0.751.